The van der Waals surface area contributed by atoms with Gasteiger partial charge >= 0.3 is 7.12 Å². The van der Waals surface area contributed by atoms with Gasteiger partial charge in [0.2, 0.25) is 0 Å². The lowest BCUT2D eigenvalue weighted by atomic mass is 9.79. The Labute approximate surface area is 76.9 Å². The largest absolute Gasteiger partial charge is 0.489 e. The van der Waals surface area contributed by atoms with Crippen LogP contribution in [0.3, 0.4) is 0 Å². The van der Waals surface area contributed by atoms with Crippen LogP contribution in [0.2, 0.25) is 5.02 Å². The van der Waals surface area contributed by atoms with Crippen molar-refractivity contribution >= 4 is 24.2 Å². The van der Waals surface area contributed by atoms with Gasteiger partial charge in [0, 0.05) is 10.5 Å². The van der Waals surface area contributed by atoms with Gasteiger partial charge in [0.25, 0.3) is 0 Å². The van der Waals surface area contributed by atoms with Crippen LogP contribution >= 0.6 is 11.6 Å². The second-order valence-corrected chi connectivity index (χ2v) is 2.93. The Balaban J connectivity index is 3.14. The lowest BCUT2D eigenvalue weighted by molar-refractivity contribution is 0.426. The van der Waals surface area contributed by atoms with E-state index in [2.05, 4.69) is 0 Å². The van der Waals surface area contributed by atoms with Gasteiger partial charge in [-0.05, 0) is 12.0 Å². The van der Waals surface area contributed by atoms with Crippen LogP contribution in [0.5, 0.6) is 0 Å². The molecule has 0 aromatic heterocycles. The zero-order valence-corrected chi connectivity index (χ0v) is 7.54. The highest BCUT2D eigenvalue weighted by molar-refractivity contribution is 6.62. The molecule has 0 amide bonds. The minimum Gasteiger partial charge on any atom is -0.423 e. The zero-order chi connectivity index (χ0) is 9.14. The molecule has 0 saturated carbocycles. The van der Waals surface area contributed by atoms with Crippen molar-refractivity contribution in [2.75, 3.05) is 0 Å². The van der Waals surface area contributed by atoms with E-state index in [0.717, 1.165) is 12.0 Å². The van der Waals surface area contributed by atoms with Crippen LogP contribution in [-0.4, -0.2) is 17.2 Å². The molecule has 0 heterocycles. The van der Waals surface area contributed by atoms with Gasteiger partial charge < -0.3 is 10.0 Å². The van der Waals surface area contributed by atoms with Crippen molar-refractivity contribution in [2.45, 2.75) is 13.3 Å². The molecule has 4 heteroatoms. The predicted molar refractivity (Wildman–Crippen MR) is 50.7 cm³/mol. The van der Waals surface area contributed by atoms with E-state index in [0.29, 0.717) is 10.5 Å². The van der Waals surface area contributed by atoms with E-state index >= 15 is 0 Å². The smallest absolute Gasteiger partial charge is 0.423 e. The minimum atomic E-state index is -1.48. The van der Waals surface area contributed by atoms with E-state index in [1.54, 1.807) is 12.1 Å². The number of rotatable bonds is 2. The predicted octanol–water partition coefficient (Wildman–Crippen LogP) is 0.582. The van der Waals surface area contributed by atoms with Crippen LogP contribution in [0.1, 0.15) is 12.5 Å². The zero-order valence-electron chi connectivity index (χ0n) is 6.79. The van der Waals surface area contributed by atoms with Crippen molar-refractivity contribution in [2.24, 2.45) is 0 Å². The van der Waals surface area contributed by atoms with E-state index in [1.807, 2.05) is 13.0 Å². The van der Waals surface area contributed by atoms with Gasteiger partial charge in [-0.25, -0.2) is 0 Å². The molecule has 0 radical (unpaired) electrons. The molecule has 0 aliphatic carbocycles. The first-order valence-electron chi connectivity index (χ1n) is 3.80. The van der Waals surface area contributed by atoms with Crippen molar-refractivity contribution in [3.8, 4) is 0 Å². The van der Waals surface area contributed by atoms with E-state index in [1.165, 1.54) is 0 Å². The number of aryl methyl sites for hydroxylation is 1. The molecule has 1 aromatic rings. The molecule has 0 bridgehead atoms. The summed E-state index contributed by atoms with van der Waals surface area (Å²) in [6.45, 7) is 1.97. The molecule has 1 aromatic carbocycles. The van der Waals surface area contributed by atoms with Crippen molar-refractivity contribution in [3.05, 3.63) is 28.8 Å². The van der Waals surface area contributed by atoms with Gasteiger partial charge in [-0.15, -0.1) is 0 Å². The maximum absolute atomic E-state index is 8.90. The molecule has 0 spiro atoms. The molecular formula is C8H10BClO2. The van der Waals surface area contributed by atoms with Crippen LogP contribution in [0.25, 0.3) is 0 Å². The average molecular weight is 184 g/mol. The minimum absolute atomic E-state index is 0.371. The Morgan fingerprint density at radius 1 is 1.42 bits per heavy atom. The molecule has 12 heavy (non-hydrogen) atoms. The summed E-state index contributed by atoms with van der Waals surface area (Å²) in [7, 11) is -1.48. The summed E-state index contributed by atoms with van der Waals surface area (Å²) in [4.78, 5) is 0. The topological polar surface area (TPSA) is 40.5 Å². The highest BCUT2D eigenvalue weighted by atomic mass is 35.5. The number of hydrogen-bond donors (Lipinski definition) is 2. The third kappa shape index (κ3) is 1.80. The van der Waals surface area contributed by atoms with E-state index < -0.39 is 7.12 Å². The van der Waals surface area contributed by atoms with E-state index in [-0.39, 0.29) is 0 Å². The fraction of sp³-hybridized carbons (Fsp3) is 0.250. The second-order valence-electron chi connectivity index (χ2n) is 2.55. The first-order valence-corrected chi connectivity index (χ1v) is 4.18. The highest BCUT2D eigenvalue weighted by Crippen LogP contribution is 2.13. The standard InChI is InChI=1S/C8H10BClO2/c1-2-6-4-3-5-7(8(6)10)9(11)12/h3-5,11-12H,2H2,1H3. The number of halogens is 1. The van der Waals surface area contributed by atoms with Gasteiger partial charge in [-0.3, -0.25) is 0 Å². The van der Waals surface area contributed by atoms with Gasteiger partial charge in [0.05, 0.1) is 0 Å². The first kappa shape index (κ1) is 9.58. The van der Waals surface area contributed by atoms with Crippen LogP contribution in [0.15, 0.2) is 18.2 Å². The Kier molecular flexibility index (Phi) is 3.15. The highest BCUT2D eigenvalue weighted by Gasteiger charge is 2.15. The molecule has 0 atom stereocenters. The molecule has 0 aliphatic rings. The summed E-state index contributed by atoms with van der Waals surface area (Å²) < 4.78 is 0. The summed E-state index contributed by atoms with van der Waals surface area (Å²) in [6, 6.07) is 5.24. The average Bonchev–Trinajstić information content (AvgIpc) is 2.04. The van der Waals surface area contributed by atoms with Gasteiger partial charge in [0.15, 0.2) is 0 Å². The van der Waals surface area contributed by atoms with Crippen molar-refractivity contribution in [1.29, 1.82) is 0 Å². The molecule has 0 saturated heterocycles. The second kappa shape index (κ2) is 3.94. The molecule has 64 valence electrons. The van der Waals surface area contributed by atoms with Crippen LogP contribution in [-0.2, 0) is 6.42 Å². The number of benzene rings is 1. The van der Waals surface area contributed by atoms with E-state index in [4.69, 9.17) is 21.6 Å². The van der Waals surface area contributed by atoms with Crippen molar-refractivity contribution in [3.63, 3.8) is 0 Å². The molecule has 2 N–H and O–H groups in total. The third-order valence-corrected chi connectivity index (χ3v) is 2.23. The third-order valence-electron chi connectivity index (χ3n) is 1.77. The fourth-order valence-corrected chi connectivity index (χ4v) is 1.43. The van der Waals surface area contributed by atoms with Gasteiger partial charge in [-0.1, -0.05) is 36.7 Å². The fourth-order valence-electron chi connectivity index (χ4n) is 1.07. The summed E-state index contributed by atoms with van der Waals surface area (Å²) in [5.41, 5.74) is 1.30. The maximum atomic E-state index is 8.90. The van der Waals surface area contributed by atoms with Crippen LogP contribution in [0.4, 0.5) is 0 Å². The Bertz CT molecular complexity index is 276. The van der Waals surface area contributed by atoms with Crippen molar-refractivity contribution < 1.29 is 10.0 Å². The Morgan fingerprint density at radius 2 is 2.08 bits per heavy atom. The summed E-state index contributed by atoms with van der Waals surface area (Å²) in [5, 5.41) is 18.2. The summed E-state index contributed by atoms with van der Waals surface area (Å²) in [6.07, 6.45) is 0.791. The molecule has 0 fully saturated rings. The Morgan fingerprint density at radius 3 is 2.58 bits per heavy atom. The van der Waals surface area contributed by atoms with Gasteiger partial charge in [0.1, 0.15) is 0 Å². The number of hydrogen-bond acceptors (Lipinski definition) is 2. The summed E-state index contributed by atoms with van der Waals surface area (Å²) in [5.74, 6) is 0. The Hall–Kier alpha value is -0.505. The summed E-state index contributed by atoms with van der Waals surface area (Å²) >= 11 is 5.88. The molecule has 2 nitrogen and oxygen atoms in total. The first-order chi connectivity index (χ1) is 5.66. The molecule has 1 rings (SSSR count). The molecular weight excluding hydrogens is 174 g/mol. The normalized spacial score (nSPS) is 10.0. The van der Waals surface area contributed by atoms with E-state index in [9.17, 15) is 0 Å². The molecule has 0 unspecified atom stereocenters. The van der Waals surface area contributed by atoms with Crippen LogP contribution in [0, 0.1) is 0 Å². The van der Waals surface area contributed by atoms with Crippen LogP contribution < -0.4 is 5.46 Å². The monoisotopic (exact) mass is 184 g/mol. The lowest BCUT2D eigenvalue weighted by Crippen LogP contribution is -2.31. The van der Waals surface area contributed by atoms with Gasteiger partial charge in [-0.2, -0.15) is 0 Å². The molecule has 0 aliphatic heterocycles. The lowest BCUT2D eigenvalue weighted by Gasteiger charge is -2.06. The quantitative estimate of drug-likeness (QED) is 0.660. The van der Waals surface area contributed by atoms with Crippen molar-refractivity contribution in [1.82, 2.24) is 0 Å². The SMILES string of the molecule is CCc1cccc(B(O)O)c1Cl. The maximum Gasteiger partial charge on any atom is 0.489 e.